The zero-order valence-corrected chi connectivity index (χ0v) is 20.2. The predicted molar refractivity (Wildman–Crippen MR) is 135 cm³/mol. The van der Waals surface area contributed by atoms with Gasteiger partial charge in [0.05, 0.1) is 25.5 Å². The second-order valence-electron chi connectivity index (χ2n) is 7.90. The molecule has 3 aromatic rings. The summed E-state index contributed by atoms with van der Waals surface area (Å²) in [5, 5.41) is 2.99. The zero-order chi connectivity index (χ0) is 23.9. The van der Waals surface area contributed by atoms with Crippen molar-refractivity contribution in [1.82, 2.24) is 5.32 Å². The molecule has 3 aromatic carbocycles. The summed E-state index contributed by atoms with van der Waals surface area (Å²) in [7, 11) is 3.20. The first-order valence-corrected chi connectivity index (χ1v) is 12.2. The second-order valence-corrected chi connectivity index (χ2v) is 8.92. The van der Waals surface area contributed by atoms with Gasteiger partial charge in [0.1, 0.15) is 0 Å². The highest BCUT2D eigenvalue weighted by Crippen LogP contribution is 2.30. The number of hydrogen-bond donors (Lipinski definition) is 1. The maximum Gasteiger partial charge on any atom is 0.252 e. The van der Waals surface area contributed by atoms with Gasteiger partial charge in [-0.25, -0.2) is 0 Å². The number of benzene rings is 3. The monoisotopic (exact) mass is 476 g/mol. The maximum absolute atomic E-state index is 12.9. The number of rotatable bonds is 9. The molecule has 0 spiro atoms. The van der Waals surface area contributed by atoms with E-state index in [1.54, 1.807) is 20.3 Å². The fourth-order valence-electron chi connectivity index (χ4n) is 4.05. The van der Waals surface area contributed by atoms with E-state index in [2.05, 4.69) is 11.4 Å². The molecule has 0 unspecified atom stereocenters. The van der Waals surface area contributed by atoms with Gasteiger partial charge in [0, 0.05) is 23.7 Å². The van der Waals surface area contributed by atoms with Gasteiger partial charge in [-0.3, -0.25) is 9.59 Å². The molecule has 1 aliphatic heterocycles. The van der Waals surface area contributed by atoms with Crippen LogP contribution < -0.4 is 19.7 Å². The number of amides is 2. The number of para-hydroxylation sites is 1. The van der Waals surface area contributed by atoms with Crippen LogP contribution in [0.25, 0.3) is 0 Å². The Balaban J connectivity index is 1.34. The SMILES string of the molecule is COc1ccc(CCNC(=O)c2ccccc2SCC(=O)N2CCc3ccccc32)cc1OC. The van der Waals surface area contributed by atoms with Crippen LogP contribution in [0.3, 0.4) is 0 Å². The molecule has 2 amide bonds. The third-order valence-corrected chi connectivity index (χ3v) is 6.88. The molecule has 4 rings (SSSR count). The molecule has 0 saturated carbocycles. The van der Waals surface area contributed by atoms with E-state index in [9.17, 15) is 9.59 Å². The third kappa shape index (κ3) is 5.37. The molecule has 176 valence electrons. The van der Waals surface area contributed by atoms with E-state index in [-0.39, 0.29) is 17.6 Å². The topological polar surface area (TPSA) is 67.9 Å². The van der Waals surface area contributed by atoms with E-state index in [1.807, 2.05) is 59.5 Å². The number of ether oxygens (including phenoxy) is 2. The Labute approximate surface area is 204 Å². The molecule has 0 aliphatic carbocycles. The number of nitrogens with zero attached hydrogens (tertiary/aromatic N) is 1. The van der Waals surface area contributed by atoms with Crippen molar-refractivity contribution in [1.29, 1.82) is 0 Å². The lowest BCUT2D eigenvalue weighted by molar-refractivity contribution is -0.116. The van der Waals surface area contributed by atoms with Gasteiger partial charge >= 0.3 is 0 Å². The lowest BCUT2D eigenvalue weighted by Crippen LogP contribution is -2.30. The van der Waals surface area contributed by atoms with Gasteiger partial charge in [0.2, 0.25) is 5.91 Å². The van der Waals surface area contributed by atoms with Crippen LogP contribution in [0.1, 0.15) is 21.5 Å². The highest BCUT2D eigenvalue weighted by atomic mass is 32.2. The standard InChI is InChI=1S/C27H28N2O4S/c1-32-23-12-11-19(17-24(23)33-2)13-15-28-27(31)21-8-4-6-10-25(21)34-18-26(30)29-16-14-20-7-3-5-9-22(20)29/h3-12,17H,13-16,18H2,1-2H3,(H,28,31). The first kappa shape index (κ1) is 23.7. The highest BCUT2D eigenvalue weighted by Gasteiger charge is 2.24. The number of carbonyl (C=O) groups excluding carboxylic acids is 2. The van der Waals surface area contributed by atoms with Crippen molar-refractivity contribution >= 4 is 29.3 Å². The van der Waals surface area contributed by atoms with Gasteiger partial charge < -0.3 is 19.7 Å². The van der Waals surface area contributed by atoms with Gasteiger partial charge in [-0.15, -0.1) is 11.8 Å². The quantitative estimate of drug-likeness (QED) is 0.465. The first-order chi connectivity index (χ1) is 16.6. The van der Waals surface area contributed by atoms with E-state index in [0.717, 1.165) is 22.6 Å². The molecule has 0 bridgehead atoms. The van der Waals surface area contributed by atoms with Gasteiger partial charge in [0.15, 0.2) is 11.5 Å². The average Bonchev–Trinajstić information content (AvgIpc) is 3.31. The van der Waals surface area contributed by atoms with Crippen molar-refractivity contribution in [3.63, 3.8) is 0 Å². The second kappa shape index (κ2) is 11.1. The Morgan fingerprint density at radius 2 is 1.74 bits per heavy atom. The van der Waals surface area contributed by atoms with E-state index in [1.165, 1.54) is 17.3 Å². The minimum atomic E-state index is -0.150. The van der Waals surface area contributed by atoms with E-state index in [0.29, 0.717) is 36.6 Å². The molecular weight excluding hydrogens is 448 g/mol. The molecule has 34 heavy (non-hydrogen) atoms. The van der Waals surface area contributed by atoms with Crippen molar-refractivity contribution < 1.29 is 19.1 Å². The van der Waals surface area contributed by atoms with Gasteiger partial charge in [-0.05, 0) is 54.3 Å². The molecule has 0 atom stereocenters. The summed E-state index contributed by atoms with van der Waals surface area (Å²) in [6, 6.07) is 21.2. The number of hydrogen-bond acceptors (Lipinski definition) is 5. The summed E-state index contributed by atoms with van der Waals surface area (Å²) in [5.41, 5.74) is 3.82. The van der Waals surface area contributed by atoms with Crippen molar-refractivity contribution in [3.8, 4) is 11.5 Å². The van der Waals surface area contributed by atoms with Crippen LogP contribution in [-0.2, 0) is 17.6 Å². The summed E-state index contributed by atoms with van der Waals surface area (Å²) in [5.74, 6) is 1.53. The zero-order valence-electron chi connectivity index (χ0n) is 19.4. The number of nitrogens with one attached hydrogen (secondary N) is 1. The van der Waals surface area contributed by atoms with Crippen LogP contribution in [0.5, 0.6) is 11.5 Å². The number of thioether (sulfide) groups is 1. The molecule has 6 nitrogen and oxygen atoms in total. The number of fused-ring (bicyclic) bond motifs is 1. The number of carbonyl (C=O) groups is 2. The average molecular weight is 477 g/mol. The van der Waals surface area contributed by atoms with Crippen LogP contribution in [-0.4, -0.2) is 44.9 Å². The molecule has 1 N–H and O–H groups in total. The summed E-state index contributed by atoms with van der Waals surface area (Å²) in [6.45, 7) is 1.19. The van der Waals surface area contributed by atoms with Crippen molar-refractivity contribution in [3.05, 3.63) is 83.4 Å². The first-order valence-electron chi connectivity index (χ1n) is 11.2. The largest absolute Gasteiger partial charge is 0.493 e. The summed E-state index contributed by atoms with van der Waals surface area (Å²) in [6.07, 6.45) is 1.54. The molecule has 0 aromatic heterocycles. The van der Waals surface area contributed by atoms with Gasteiger partial charge in [-0.1, -0.05) is 36.4 Å². The summed E-state index contributed by atoms with van der Waals surface area (Å²) in [4.78, 5) is 28.4. The van der Waals surface area contributed by atoms with Gasteiger partial charge in [-0.2, -0.15) is 0 Å². The molecule has 1 aliphatic rings. The van der Waals surface area contributed by atoms with Gasteiger partial charge in [0.25, 0.3) is 5.91 Å². The lowest BCUT2D eigenvalue weighted by atomic mass is 10.1. The maximum atomic E-state index is 12.9. The van der Waals surface area contributed by atoms with Crippen LogP contribution >= 0.6 is 11.8 Å². The number of methoxy groups -OCH3 is 2. The lowest BCUT2D eigenvalue weighted by Gasteiger charge is -2.17. The van der Waals surface area contributed by atoms with Crippen LogP contribution in [0, 0.1) is 0 Å². The minimum absolute atomic E-state index is 0.0543. The van der Waals surface area contributed by atoms with E-state index in [4.69, 9.17) is 9.47 Å². The van der Waals surface area contributed by atoms with E-state index >= 15 is 0 Å². The third-order valence-electron chi connectivity index (χ3n) is 5.82. The van der Waals surface area contributed by atoms with Crippen LogP contribution in [0.2, 0.25) is 0 Å². The predicted octanol–water partition coefficient (Wildman–Crippen LogP) is 4.36. The van der Waals surface area contributed by atoms with Crippen molar-refractivity contribution in [2.75, 3.05) is 38.0 Å². The molecule has 0 saturated heterocycles. The molecular formula is C27H28N2O4S. The fraction of sp³-hybridized carbons (Fsp3) is 0.259. The Morgan fingerprint density at radius 3 is 2.56 bits per heavy atom. The Bertz CT molecular complexity index is 1180. The molecule has 1 heterocycles. The highest BCUT2D eigenvalue weighted by molar-refractivity contribution is 8.00. The molecule has 0 radical (unpaired) electrons. The summed E-state index contributed by atoms with van der Waals surface area (Å²) >= 11 is 1.40. The number of anilines is 1. The van der Waals surface area contributed by atoms with Crippen molar-refractivity contribution in [2.24, 2.45) is 0 Å². The smallest absolute Gasteiger partial charge is 0.252 e. The Morgan fingerprint density at radius 1 is 0.971 bits per heavy atom. The van der Waals surface area contributed by atoms with Crippen LogP contribution in [0.4, 0.5) is 5.69 Å². The normalized spacial score (nSPS) is 12.2. The van der Waals surface area contributed by atoms with Crippen molar-refractivity contribution in [2.45, 2.75) is 17.7 Å². The van der Waals surface area contributed by atoms with E-state index < -0.39 is 0 Å². The Hall–Kier alpha value is -3.45. The molecule has 7 heteroatoms. The summed E-state index contributed by atoms with van der Waals surface area (Å²) < 4.78 is 10.6. The fourth-order valence-corrected chi connectivity index (χ4v) is 4.97. The molecule has 0 fully saturated rings. The van der Waals surface area contributed by atoms with Crippen LogP contribution in [0.15, 0.2) is 71.6 Å². The Kier molecular flexibility index (Phi) is 7.75. The minimum Gasteiger partial charge on any atom is -0.493 e.